The minimum atomic E-state index is -0.101. The van der Waals surface area contributed by atoms with Crippen molar-refractivity contribution in [2.45, 2.75) is 13.5 Å². The predicted octanol–water partition coefficient (Wildman–Crippen LogP) is 2.81. The average molecular weight is 279 g/mol. The molecule has 0 aliphatic rings. The Kier molecular flexibility index (Phi) is 3.44. The van der Waals surface area contributed by atoms with Crippen LogP contribution in [0.25, 0.3) is 10.9 Å². The lowest BCUT2D eigenvalue weighted by Crippen LogP contribution is -2.23. The predicted molar refractivity (Wildman–Crippen MR) is 83.1 cm³/mol. The van der Waals surface area contributed by atoms with Crippen molar-refractivity contribution in [2.75, 3.05) is 0 Å². The number of aromatic nitrogens is 2. The molecule has 3 aromatic rings. The molecule has 0 unspecified atom stereocenters. The molecule has 2 heterocycles. The fraction of sp³-hybridized carbons (Fsp3) is 0.176. The van der Waals surface area contributed by atoms with Gasteiger partial charge in [0.25, 0.3) is 5.91 Å². The van der Waals surface area contributed by atoms with Gasteiger partial charge in [-0.2, -0.15) is 0 Å². The number of amides is 1. The summed E-state index contributed by atoms with van der Waals surface area (Å²) < 4.78 is 2.15. The van der Waals surface area contributed by atoms with Crippen molar-refractivity contribution in [3.8, 4) is 0 Å². The van der Waals surface area contributed by atoms with Gasteiger partial charge in [0.1, 0.15) is 0 Å². The van der Waals surface area contributed by atoms with Gasteiger partial charge in [0, 0.05) is 42.6 Å². The zero-order valence-corrected chi connectivity index (χ0v) is 12.1. The number of nitrogens with zero attached hydrogens (tertiary/aromatic N) is 2. The van der Waals surface area contributed by atoms with Crippen LogP contribution in [0.2, 0.25) is 0 Å². The van der Waals surface area contributed by atoms with Gasteiger partial charge in [-0.3, -0.25) is 9.78 Å². The first-order valence-corrected chi connectivity index (χ1v) is 6.89. The SMILES string of the molecule is Cc1c(CNC(=O)c2cccnc2)c2ccccc2n1C. The summed E-state index contributed by atoms with van der Waals surface area (Å²) >= 11 is 0. The third kappa shape index (κ3) is 2.40. The van der Waals surface area contributed by atoms with Gasteiger partial charge in [-0.1, -0.05) is 18.2 Å². The van der Waals surface area contributed by atoms with Crippen LogP contribution in [0.4, 0.5) is 0 Å². The van der Waals surface area contributed by atoms with Gasteiger partial charge < -0.3 is 9.88 Å². The second-order valence-electron chi connectivity index (χ2n) is 5.06. The zero-order valence-electron chi connectivity index (χ0n) is 12.1. The molecule has 0 radical (unpaired) electrons. The maximum Gasteiger partial charge on any atom is 0.253 e. The standard InChI is InChI=1S/C17H17N3O/c1-12-15(14-7-3-4-8-16(14)20(12)2)11-19-17(21)13-6-5-9-18-10-13/h3-10H,11H2,1-2H3,(H,19,21). The summed E-state index contributed by atoms with van der Waals surface area (Å²) in [5.74, 6) is -0.101. The summed E-state index contributed by atoms with van der Waals surface area (Å²) in [6.07, 6.45) is 3.23. The van der Waals surface area contributed by atoms with Crippen molar-refractivity contribution >= 4 is 16.8 Å². The Morgan fingerprint density at radius 3 is 2.81 bits per heavy atom. The summed E-state index contributed by atoms with van der Waals surface area (Å²) in [6.45, 7) is 2.59. The fourth-order valence-corrected chi connectivity index (χ4v) is 2.59. The Labute approximate surface area is 123 Å². The lowest BCUT2D eigenvalue weighted by Gasteiger charge is -2.06. The number of para-hydroxylation sites is 1. The lowest BCUT2D eigenvalue weighted by molar-refractivity contribution is 0.0950. The Morgan fingerprint density at radius 2 is 2.05 bits per heavy atom. The van der Waals surface area contributed by atoms with E-state index in [1.54, 1.807) is 24.5 Å². The Hall–Kier alpha value is -2.62. The normalized spacial score (nSPS) is 10.8. The summed E-state index contributed by atoms with van der Waals surface area (Å²) in [6, 6.07) is 11.8. The number of carbonyl (C=O) groups excluding carboxylic acids is 1. The molecule has 1 aromatic carbocycles. The molecule has 1 N–H and O–H groups in total. The summed E-state index contributed by atoms with van der Waals surface area (Å²) in [5.41, 5.74) is 4.09. The van der Waals surface area contributed by atoms with Crippen molar-refractivity contribution in [3.05, 3.63) is 65.6 Å². The fourth-order valence-electron chi connectivity index (χ4n) is 2.59. The second kappa shape index (κ2) is 5.40. The van der Waals surface area contributed by atoms with Gasteiger partial charge in [-0.25, -0.2) is 0 Å². The molecular formula is C17H17N3O. The summed E-state index contributed by atoms with van der Waals surface area (Å²) in [7, 11) is 2.05. The van der Waals surface area contributed by atoms with Gasteiger partial charge in [-0.05, 0) is 30.7 Å². The van der Waals surface area contributed by atoms with E-state index in [0.717, 1.165) is 5.56 Å². The van der Waals surface area contributed by atoms with E-state index >= 15 is 0 Å². The number of hydrogen-bond donors (Lipinski definition) is 1. The quantitative estimate of drug-likeness (QED) is 0.801. The molecule has 4 heteroatoms. The van der Waals surface area contributed by atoms with E-state index in [4.69, 9.17) is 0 Å². The molecule has 0 atom stereocenters. The minimum Gasteiger partial charge on any atom is -0.348 e. The third-order valence-electron chi connectivity index (χ3n) is 3.88. The highest BCUT2D eigenvalue weighted by molar-refractivity contribution is 5.94. The smallest absolute Gasteiger partial charge is 0.253 e. The molecule has 4 nitrogen and oxygen atoms in total. The Morgan fingerprint density at radius 1 is 1.24 bits per heavy atom. The van der Waals surface area contributed by atoms with Crippen LogP contribution in [-0.2, 0) is 13.6 Å². The second-order valence-corrected chi connectivity index (χ2v) is 5.06. The molecule has 0 aliphatic carbocycles. The van der Waals surface area contributed by atoms with Crippen molar-refractivity contribution in [1.29, 1.82) is 0 Å². The first kappa shape index (κ1) is 13.4. The molecule has 3 rings (SSSR count). The molecule has 0 saturated carbocycles. The molecule has 0 spiro atoms. The van der Waals surface area contributed by atoms with E-state index in [1.165, 1.54) is 16.6 Å². The van der Waals surface area contributed by atoms with Gasteiger partial charge in [0.15, 0.2) is 0 Å². The van der Waals surface area contributed by atoms with Crippen molar-refractivity contribution in [3.63, 3.8) is 0 Å². The van der Waals surface area contributed by atoms with Gasteiger partial charge in [-0.15, -0.1) is 0 Å². The maximum absolute atomic E-state index is 12.1. The van der Waals surface area contributed by atoms with E-state index < -0.39 is 0 Å². The van der Waals surface area contributed by atoms with Crippen LogP contribution >= 0.6 is 0 Å². The number of nitrogens with one attached hydrogen (secondary N) is 1. The Bertz CT molecular complexity index is 790. The van der Waals surface area contributed by atoms with Crippen molar-refractivity contribution < 1.29 is 4.79 Å². The molecule has 0 bridgehead atoms. The maximum atomic E-state index is 12.1. The van der Waals surface area contributed by atoms with E-state index in [9.17, 15) is 4.79 Å². The summed E-state index contributed by atoms with van der Waals surface area (Å²) in [4.78, 5) is 16.1. The molecule has 21 heavy (non-hydrogen) atoms. The van der Waals surface area contributed by atoms with Crippen LogP contribution in [0.15, 0.2) is 48.8 Å². The number of hydrogen-bond acceptors (Lipinski definition) is 2. The van der Waals surface area contributed by atoms with Crippen LogP contribution in [0.5, 0.6) is 0 Å². The molecule has 0 saturated heterocycles. The molecule has 106 valence electrons. The van der Waals surface area contributed by atoms with Crippen LogP contribution in [0.1, 0.15) is 21.6 Å². The van der Waals surface area contributed by atoms with E-state index in [-0.39, 0.29) is 5.91 Å². The molecular weight excluding hydrogens is 262 g/mol. The Balaban J connectivity index is 1.86. The number of carbonyl (C=O) groups is 1. The van der Waals surface area contributed by atoms with Crippen LogP contribution in [-0.4, -0.2) is 15.5 Å². The summed E-state index contributed by atoms with van der Waals surface area (Å²) in [5, 5.41) is 4.15. The number of aryl methyl sites for hydroxylation is 1. The van der Waals surface area contributed by atoms with E-state index in [0.29, 0.717) is 12.1 Å². The molecule has 0 aliphatic heterocycles. The van der Waals surface area contributed by atoms with Crippen molar-refractivity contribution in [2.24, 2.45) is 7.05 Å². The monoisotopic (exact) mass is 279 g/mol. The van der Waals surface area contributed by atoms with Crippen molar-refractivity contribution in [1.82, 2.24) is 14.9 Å². The zero-order chi connectivity index (χ0) is 14.8. The van der Waals surface area contributed by atoms with Crippen LogP contribution in [0, 0.1) is 6.92 Å². The first-order valence-electron chi connectivity index (χ1n) is 6.89. The number of rotatable bonds is 3. The van der Waals surface area contributed by atoms with Gasteiger partial charge >= 0.3 is 0 Å². The van der Waals surface area contributed by atoms with Gasteiger partial charge in [0.2, 0.25) is 0 Å². The minimum absolute atomic E-state index is 0.101. The highest BCUT2D eigenvalue weighted by atomic mass is 16.1. The van der Waals surface area contributed by atoms with Crippen LogP contribution < -0.4 is 5.32 Å². The highest BCUT2D eigenvalue weighted by Crippen LogP contribution is 2.24. The third-order valence-corrected chi connectivity index (χ3v) is 3.88. The lowest BCUT2D eigenvalue weighted by atomic mass is 10.1. The van der Waals surface area contributed by atoms with E-state index in [2.05, 4.69) is 33.9 Å². The number of benzene rings is 1. The van der Waals surface area contributed by atoms with Crippen LogP contribution in [0.3, 0.4) is 0 Å². The molecule has 1 amide bonds. The first-order chi connectivity index (χ1) is 10.2. The molecule has 0 fully saturated rings. The van der Waals surface area contributed by atoms with E-state index in [1.807, 2.05) is 19.2 Å². The highest BCUT2D eigenvalue weighted by Gasteiger charge is 2.12. The number of pyridine rings is 1. The molecule has 2 aromatic heterocycles. The average Bonchev–Trinajstić information content (AvgIpc) is 2.78. The largest absolute Gasteiger partial charge is 0.348 e. The topological polar surface area (TPSA) is 46.9 Å². The number of fused-ring (bicyclic) bond motifs is 1. The van der Waals surface area contributed by atoms with Gasteiger partial charge in [0.05, 0.1) is 5.56 Å².